The predicted molar refractivity (Wildman–Crippen MR) is 131 cm³/mol. The molecule has 0 saturated carbocycles. The Morgan fingerprint density at radius 2 is 0.774 bits per heavy atom. The summed E-state index contributed by atoms with van der Waals surface area (Å²) in [5.41, 5.74) is -1.51. The van der Waals surface area contributed by atoms with Gasteiger partial charge >= 0.3 is 14.5 Å². The van der Waals surface area contributed by atoms with Crippen molar-refractivity contribution >= 4 is 14.5 Å². The fourth-order valence-electron chi connectivity index (χ4n) is 3.99. The highest BCUT2D eigenvalue weighted by atomic mass is 16.7. The second-order valence-corrected chi connectivity index (χ2v) is 11.5. The van der Waals surface area contributed by atoms with Crippen LogP contribution in [0.1, 0.15) is 127 Å². The number of nitrogens with zero attached hydrogens (tertiary/aromatic N) is 1. The van der Waals surface area contributed by atoms with Crippen LogP contribution in [-0.2, 0) is 18.6 Å². The van der Waals surface area contributed by atoms with E-state index in [1.54, 1.807) is 0 Å². The maximum atomic E-state index is 6.36. The second kappa shape index (κ2) is 10.9. The van der Waals surface area contributed by atoms with Crippen LogP contribution < -0.4 is 0 Å². The monoisotopic (exact) mass is 437 g/mol. The van der Waals surface area contributed by atoms with E-state index >= 15 is 0 Å². The Morgan fingerprint density at radius 3 is 1.10 bits per heavy atom. The van der Waals surface area contributed by atoms with Gasteiger partial charge in [0.25, 0.3) is 0 Å². The molecule has 2 aliphatic rings. The van der Waals surface area contributed by atoms with Crippen molar-refractivity contribution in [3.8, 4) is 0 Å². The minimum Gasteiger partial charge on any atom is -0.390 e. The van der Waals surface area contributed by atoms with Gasteiger partial charge in [-0.3, -0.25) is 4.72 Å². The average Bonchev–Trinajstić information content (AvgIpc) is 2.98. The molecule has 7 heteroatoms. The quantitative estimate of drug-likeness (QED) is 0.247. The van der Waals surface area contributed by atoms with Crippen molar-refractivity contribution in [3.05, 3.63) is 0 Å². The van der Waals surface area contributed by atoms with Crippen LogP contribution in [0.2, 0.25) is 0 Å². The third kappa shape index (κ3) is 6.96. The third-order valence-electron chi connectivity index (χ3n) is 7.79. The van der Waals surface area contributed by atoms with Gasteiger partial charge in [0.05, 0.1) is 22.4 Å². The lowest BCUT2D eigenvalue weighted by molar-refractivity contribution is 0.00578. The van der Waals surface area contributed by atoms with E-state index in [0.717, 1.165) is 13.0 Å². The van der Waals surface area contributed by atoms with Gasteiger partial charge in [0.2, 0.25) is 0 Å². The molecular weight excluding hydrogens is 388 g/mol. The SMILES string of the molecule is CCCCCCCCCCCCN(B1OC(C)(C)C(C)(C)O1)B1OC(C)(C)C(C)(C)O1. The van der Waals surface area contributed by atoms with Gasteiger partial charge in [0.15, 0.2) is 0 Å². The summed E-state index contributed by atoms with van der Waals surface area (Å²) in [6.45, 7) is 19.9. The first-order chi connectivity index (χ1) is 14.3. The predicted octanol–water partition coefficient (Wildman–Crippen LogP) is 6.39. The molecule has 0 amide bonds. The minimum atomic E-state index is -0.460. The third-order valence-corrected chi connectivity index (χ3v) is 7.79. The lowest BCUT2D eigenvalue weighted by atomic mass is 9.88. The van der Waals surface area contributed by atoms with E-state index in [1.165, 1.54) is 57.8 Å². The molecule has 2 saturated heterocycles. The van der Waals surface area contributed by atoms with Gasteiger partial charge < -0.3 is 18.6 Å². The molecule has 2 fully saturated rings. The van der Waals surface area contributed by atoms with Crippen molar-refractivity contribution in [1.29, 1.82) is 0 Å². The summed E-state index contributed by atoms with van der Waals surface area (Å²) in [5, 5.41) is 0. The fraction of sp³-hybridized carbons (Fsp3) is 1.00. The van der Waals surface area contributed by atoms with Gasteiger partial charge in [0.1, 0.15) is 0 Å². The van der Waals surface area contributed by atoms with E-state index in [0.29, 0.717) is 0 Å². The van der Waals surface area contributed by atoms with E-state index in [-0.39, 0.29) is 22.4 Å². The Hall–Kier alpha value is -0.0701. The molecule has 0 unspecified atom stereocenters. The summed E-state index contributed by atoms with van der Waals surface area (Å²) in [5.74, 6) is 0. The van der Waals surface area contributed by atoms with Gasteiger partial charge in [-0.2, -0.15) is 0 Å². The van der Waals surface area contributed by atoms with Crippen molar-refractivity contribution in [2.24, 2.45) is 0 Å². The van der Waals surface area contributed by atoms with Crippen LogP contribution >= 0.6 is 0 Å². The van der Waals surface area contributed by atoms with Crippen LogP contribution in [0.3, 0.4) is 0 Å². The normalized spacial score (nSPS) is 23.8. The van der Waals surface area contributed by atoms with Crippen LogP contribution in [-0.4, -0.2) is 48.2 Å². The molecule has 0 spiro atoms. The first kappa shape index (κ1) is 27.2. The summed E-state index contributed by atoms with van der Waals surface area (Å²) < 4.78 is 27.6. The Labute approximate surface area is 193 Å². The Balaban J connectivity index is 1.87. The first-order valence-electron chi connectivity index (χ1n) is 12.8. The fourth-order valence-corrected chi connectivity index (χ4v) is 3.99. The Kier molecular flexibility index (Phi) is 9.56. The van der Waals surface area contributed by atoms with E-state index in [1.807, 2.05) is 0 Å². The van der Waals surface area contributed by atoms with E-state index < -0.39 is 14.5 Å². The largest absolute Gasteiger partial charge is 0.551 e. The van der Waals surface area contributed by atoms with Gasteiger partial charge in [-0.1, -0.05) is 64.7 Å². The van der Waals surface area contributed by atoms with Gasteiger partial charge in [-0.15, -0.1) is 0 Å². The number of hydrogen-bond acceptors (Lipinski definition) is 5. The molecule has 5 nitrogen and oxygen atoms in total. The van der Waals surface area contributed by atoms with Crippen molar-refractivity contribution in [2.45, 2.75) is 149 Å². The molecule has 31 heavy (non-hydrogen) atoms. The van der Waals surface area contributed by atoms with Crippen molar-refractivity contribution in [1.82, 2.24) is 4.72 Å². The molecule has 0 bridgehead atoms. The topological polar surface area (TPSA) is 40.2 Å². The molecule has 2 heterocycles. The Bertz CT molecular complexity index is 486. The summed E-state index contributed by atoms with van der Waals surface area (Å²) in [4.78, 5) is 0. The molecule has 0 atom stereocenters. The van der Waals surface area contributed by atoms with E-state index in [9.17, 15) is 0 Å². The molecule has 0 aromatic carbocycles. The van der Waals surface area contributed by atoms with Crippen LogP contribution in [0.15, 0.2) is 0 Å². The van der Waals surface area contributed by atoms with Crippen molar-refractivity contribution in [3.63, 3.8) is 0 Å². The molecule has 0 aromatic heterocycles. The van der Waals surface area contributed by atoms with E-state index in [2.05, 4.69) is 67.0 Å². The maximum absolute atomic E-state index is 6.36. The molecule has 0 aromatic rings. The molecule has 0 radical (unpaired) electrons. The zero-order valence-electron chi connectivity index (χ0n) is 22.0. The zero-order valence-corrected chi connectivity index (χ0v) is 22.0. The highest BCUT2D eigenvalue weighted by Gasteiger charge is 2.61. The maximum Gasteiger partial charge on any atom is 0.551 e. The Morgan fingerprint density at radius 1 is 0.484 bits per heavy atom. The van der Waals surface area contributed by atoms with Crippen LogP contribution in [0.4, 0.5) is 0 Å². The van der Waals surface area contributed by atoms with E-state index in [4.69, 9.17) is 18.6 Å². The van der Waals surface area contributed by atoms with Gasteiger partial charge in [-0.05, 0) is 68.4 Å². The highest BCUT2D eigenvalue weighted by Crippen LogP contribution is 2.41. The van der Waals surface area contributed by atoms with Gasteiger partial charge in [-0.25, -0.2) is 0 Å². The lowest BCUT2D eigenvalue weighted by Gasteiger charge is -2.32. The number of hydrogen-bond donors (Lipinski definition) is 0. The highest BCUT2D eigenvalue weighted by molar-refractivity contribution is 6.60. The van der Waals surface area contributed by atoms with Crippen LogP contribution in [0.25, 0.3) is 0 Å². The molecule has 2 rings (SSSR count). The zero-order chi connectivity index (χ0) is 23.3. The van der Waals surface area contributed by atoms with Gasteiger partial charge in [0, 0.05) is 0 Å². The van der Waals surface area contributed by atoms with Crippen LogP contribution in [0, 0.1) is 0 Å². The molecule has 0 N–H and O–H groups in total. The summed E-state index contributed by atoms with van der Waals surface area (Å²) in [7, 11) is -0.920. The minimum absolute atomic E-state index is 0.378. The summed E-state index contributed by atoms with van der Waals surface area (Å²) >= 11 is 0. The molecule has 2 aliphatic heterocycles. The first-order valence-corrected chi connectivity index (χ1v) is 12.8. The number of unbranched alkanes of at least 4 members (excludes halogenated alkanes) is 9. The smallest absolute Gasteiger partial charge is 0.390 e. The van der Waals surface area contributed by atoms with Crippen molar-refractivity contribution in [2.75, 3.05) is 6.54 Å². The average molecular weight is 437 g/mol. The molecule has 0 aliphatic carbocycles. The number of rotatable bonds is 13. The summed E-state index contributed by atoms with van der Waals surface area (Å²) in [6.07, 6.45) is 13.2. The van der Waals surface area contributed by atoms with Crippen LogP contribution in [0.5, 0.6) is 0 Å². The summed E-state index contributed by atoms with van der Waals surface area (Å²) in [6, 6.07) is 0. The van der Waals surface area contributed by atoms with Crippen molar-refractivity contribution < 1.29 is 18.6 Å². The lowest BCUT2D eigenvalue weighted by Crippen LogP contribution is -2.53. The second-order valence-electron chi connectivity index (χ2n) is 11.5. The standard InChI is InChI=1S/C24H49B2NO4/c1-10-11-12-13-14-15-16-17-18-19-20-27(25-28-21(2,3)22(4,5)29-25)26-30-23(6,7)24(8,9)31-26/h10-20H2,1-9H3. The molecule has 180 valence electrons. The molecular formula is C24H49B2NO4.